The third-order valence-corrected chi connectivity index (χ3v) is 4.84. The number of non-ortho nitro benzene ring substituents is 1. The van der Waals surface area contributed by atoms with E-state index in [1.165, 1.54) is 24.3 Å². The van der Waals surface area contributed by atoms with Gasteiger partial charge in [-0.3, -0.25) is 15.0 Å². The van der Waals surface area contributed by atoms with Crippen molar-refractivity contribution >= 4 is 23.0 Å². The lowest BCUT2D eigenvalue weighted by Crippen LogP contribution is -2.49. The van der Waals surface area contributed by atoms with E-state index in [1.807, 2.05) is 24.3 Å². The van der Waals surface area contributed by atoms with Crippen LogP contribution >= 0.6 is 11.6 Å². The zero-order chi connectivity index (χ0) is 19.2. The fraction of sp³-hybridized carbons (Fsp3) is 0.368. The minimum Gasteiger partial charge on any atom is -0.491 e. The fourth-order valence-corrected chi connectivity index (χ4v) is 3.34. The molecule has 1 atom stereocenters. The van der Waals surface area contributed by atoms with Gasteiger partial charge >= 0.3 is 0 Å². The van der Waals surface area contributed by atoms with Crippen LogP contribution in [0.4, 0.5) is 11.4 Å². The molecule has 1 heterocycles. The number of β-amino-alcohol motifs (C(OH)–C–C–N with tert-alkyl or cyclic N) is 1. The molecular formula is C19H22ClN3O4. The number of aliphatic hydroxyl groups is 1. The molecule has 0 radical (unpaired) electrons. The summed E-state index contributed by atoms with van der Waals surface area (Å²) in [6.07, 6.45) is -0.632. The Morgan fingerprint density at radius 1 is 1.11 bits per heavy atom. The van der Waals surface area contributed by atoms with Crippen LogP contribution in [0.5, 0.6) is 5.75 Å². The molecular weight excluding hydrogens is 370 g/mol. The average molecular weight is 392 g/mol. The number of para-hydroxylation sites is 1. The second kappa shape index (κ2) is 9.03. The summed E-state index contributed by atoms with van der Waals surface area (Å²) >= 11 is 6.26. The molecule has 1 unspecified atom stereocenters. The number of hydrogen-bond donors (Lipinski definition) is 1. The molecule has 0 aliphatic carbocycles. The number of benzene rings is 2. The maximum absolute atomic E-state index is 10.6. The van der Waals surface area contributed by atoms with Gasteiger partial charge in [0.15, 0.2) is 0 Å². The molecule has 0 saturated carbocycles. The van der Waals surface area contributed by atoms with Gasteiger partial charge in [-0.05, 0) is 24.3 Å². The maximum atomic E-state index is 10.6. The van der Waals surface area contributed by atoms with Crippen LogP contribution in [0.15, 0.2) is 48.5 Å². The lowest BCUT2D eigenvalue weighted by atomic mass is 10.2. The summed E-state index contributed by atoms with van der Waals surface area (Å²) in [6.45, 7) is 4.02. The molecule has 0 aromatic heterocycles. The molecule has 144 valence electrons. The molecule has 1 fully saturated rings. The monoisotopic (exact) mass is 391 g/mol. The molecule has 1 aliphatic heterocycles. The van der Waals surface area contributed by atoms with Crippen molar-refractivity contribution in [2.75, 3.05) is 44.2 Å². The van der Waals surface area contributed by atoms with Crippen molar-refractivity contribution in [3.63, 3.8) is 0 Å². The first-order chi connectivity index (χ1) is 13.0. The number of halogens is 1. The van der Waals surface area contributed by atoms with Crippen LogP contribution in [0, 0.1) is 10.1 Å². The zero-order valence-electron chi connectivity index (χ0n) is 14.8. The number of nitro benzene ring substituents is 1. The molecule has 2 aromatic carbocycles. The zero-order valence-corrected chi connectivity index (χ0v) is 15.6. The molecule has 1 aliphatic rings. The van der Waals surface area contributed by atoms with Gasteiger partial charge in [0.25, 0.3) is 5.69 Å². The van der Waals surface area contributed by atoms with Gasteiger partial charge in [-0.1, -0.05) is 23.7 Å². The standard InChI is InChI=1S/C19H22ClN3O4/c20-18-3-1-2-4-19(18)22-11-9-21(10-12-22)13-16(24)14-27-17-7-5-15(6-8-17)23(25)26/h1-8,16,24H,9-14H2. The van der Waals surface area contributed by atoms with E-state index in [9.17, 15) is 15.2 Å². The summed E-state index contributed by atoms with van der Waals surface area (Å²) < 4.78 is 5.52. The normalized spacial score (nSPS) is 16.1. The predicted molar refractivity (Wildman–Crippen MR) is 105 cm³/mol. The first-order valence-electron chi connectivity index (χ1n) is 8.80. The van der Waals surface area contributed by atoms with Gasteiger partial charge < -0.3 is 14.7 Å². The SMILES string of the molecule is O=[N+]([O-])c1ccc(OCC(O)CN2CCN(c3ccccc3Cl)CC2)cc1. The second-order valence-electron chi connectivity index (χ2n) is 6.45. The van der Waals surface area contributed by atoms with Crippen LogP contribution in [0.2, 0.25) is 5.02 Å². The minimum absolute atomic E-state index is 0.0132. The lowest BCUT2D eigenvalue weighted by Gasteiger charge is -2.37. The van der Waals surface area contributed by atoms with Crippen molar-refractivity contribution < 1.29 is 14.8 Å². The number of nitrogens with zero attached hydrogens (tertiary/aromatic N) is 3. The van der Waals surface area contributed by atoms with Crippen molar-refractivity contribution in [3.8, 4) is 5.75 Å². The fourth-order valence-electron chi connectivity index (χ4n) is 3.09. The number of hydrogen-bond acceptors (Lipinski definition) is 6. The second-order valence-corrected chi connectivity index (χ2v) is 6.86. The van der Waals surface area contributed by atoms with Crippen molar-refractivity contribution in [3.05, 3.63) is 63.7 Å². The van der Waals surface area contributed by atoms with E-state index >= 15 is 0 Å². The van der Waals surface area contributed by atoms with Gasteiger partial charge in [0.1, 0.15) is 18.5 Å². The van der Waals surface area contributed by atoms with Crippen LogP contribution in [-0.2, 0) is 0 Å². The Kier molecular flexibility index (Phi) is 6.49. The number of aliphatic hydroxyl groups excluding tert-OH is 1. The maximum Gasteiger partial charge on any atom is 0.269 e. The Bertz CT molecular complexity index is 764. The van der Waals surface area contributed by atoms with E-state index < -0.39 is 11.0 Å². The molecule has 1 N–H and O–H groups in total. The number of piperazine rings is 1. The minimum atomic E-state index is -0.632. The van der Waals surface area contributed by atoms with Crippen molar-refractivity contribution in [1.29, 1.82) is 0 Å². The summed E-state index contributed by atoms with van der Waals surface area (Å²) in [7, 11) is 0. The molecule has 0 spiro atoms. The summed E-state index contributed by atoms with van der Waals surface area (Å²) in [5.41, 5.74) is 1.06. The Hall–Kier alpha value is -2.35. The van der Waals surface area contributed by atoms with Gasteiger partial charge in [-0.15, -0.1) is 0 Å². The first-order valence-corrected chi connectivity index (χ1v) is 9.18. The summed E-state index contributed by atoms with van der Waals surface area (Å²) in [5.74, 6) is 0.503. The van der Waals surface area contributed by atoms with E-state index in [2.05, 4.69) is 9.80 Å². The van der Waals surface area contributed by atoms with Crippen LogP contribution in [0.25, 0.3) is 0 Å². The molecule has 1 saturated heterocycles. The average Bonchev–Trinajstić information content (AvgIpc) is 2.68. The third kappa shape index (κ3) is 5.32. The smallest absolute Gasteiger partial charge is 0.269 e. The van der Waals surface area contributed by atoms with Crippen molar-refractivity contribution in [2.45, 2.75) is 6.10 Å². The summed E-state index contributed by atoms with van der Waals surface area (Å²) in [6, 6.07) is 13.6. The number of anilines is 1. The molecule has 2 aromatic rings. The highest BCUT2D eigenvalue weighted by Gasteiger charge is 2.21. The Morgan fingerprint density at radius 3 is 2.41 bits per heavy atom. The summed E-state index contributed by atoms with van der Waals surface area (Å²) in [4.78, 5) is 14.6. The highest BCUT2D eigenvalue weighted by atomic mass is 35.5. The summed E-state index contributed by atoms with van der Waals surface area (Å²) in [5, 5.41) is 21.6. The highest BCUT2D eigenvalue weighted by Crippen LogP contribution is 2.26. The Balaban J connectivity index is 1.42. The third-order valence-electron chi connectivity index (χ3n) is 4.52. The van der Waals surface area contributed by atoms with Crippen LogP contribution < -0.4 is 9.64 Å². The molecule has 7 nitrogen and oxygen atoms in total. The van der Waals surface area contributed by atoms with Gasteiger partial charge in [0.05, 0.1) is 15.6 Å². The van der Waals surface area contributed by atoms with E-state index in [4.69, 9.17) is 16.3 Å². The van der Waals surface area contributed by atoms with Crippen LogP contribution in [0.3, 0.4) is 0 Å². The van der Waals surface area contributed by atoms with E-state index in [0.717, 1.165) is 36.9 Å². The van der Waals surface area contributed by atoms with E-state index in [1.54, 1.807) is 0 Å². The lowest BCUT2D eigenvalue weighted by molar-refractivity contribution is -0.384. The van der Waals surface area contributed by atoms with Crippen LogP contribution in [-0.4, -0.2) is 60.4 Å². The molecule has 8 heteroatoms. The molecule has 0 bridgehead atoms. The topological polar surface area (TPSA) is 79.1 Å². The van der Waals surface area contributed by atoms with Crippen LogP contribution in [0.1, 0.15) is 0 Å². The predicted octanol–water partition coefficient (Wildman–Crippen LogP) is 2.81. The Labute approximate surface area is 162 Å². The molecule has 0 amide bonds. The first kappa shape index (κ1) is 19.4. The quantitative estimate of drug-likeness (QED) is 0.577. The molecule has 3 rings (SSSR count). The van der Waals surface area contributed by atoms with Crippen molar-refractivity contribution in [1.82, 2.24) is 4.90 Å². The number of ether oxygens (including phenoxy) is 1. The van der Waals surface area contributed by atoms with Gasteiger partial charge in [0.2, 0.25) is 0 Å². The molecule has 27 heavy (non-hydrogen) atoms. The highest BCUT2D eigenvalue weighted by molar-refractivity contribution is 6.33. The van der Waals surface area contributed by atoms with E-state index in [0.29, 0.717) is 12.3 Å². The van der Waals surface area contributed by atoms with E-state index in [-0.39, 0.29) is 12.3 Å². The number of rotatable bonds is 7. The van der Waals surface area contributed by atoms with Crippen molar-refractivity contribution in [2.24, 2.45) is 0 Å². The number of nitro groups is 1. The van der Waals surface area contributed by atoms with Gasteiger partial charge in [-0.2, -0.15) is 0 Å². The van der Waals surface area contributed by atoms with Gasteiger partial charge in [-0.25, -0.2) is 0 Å². The largest absolute Gasteiger partial charge is 0.491 e. The van der Waals surface area contributed by atoms with Gasteiger partial charge in [0, 0.05) is 44.9 Å². The Morgan fingerprint density at radius 2 is 1.78 bits per heavy atom.